The molecule has 98 valence electrons. The minimum Gasteiger partial charge on any atom is -0.374 e. The van der Waals surface area contributed by atoms with E-state index in [2.05, 4.69) is 4.90 Å². The lowest BCUT2D eigenvalue weighted by atomic mass is 9.94. The predicted octanol–water partition coefficient (Wildman–Crippen LogP) is 1.76. The summed E-state index contributed by atoms with van der Waals surface area (Å²) in [6.45, 7) is 3.27. The van der Waals surface area contributed by atoms with Crippen LogP contribution >= 0.6 is 0 Å². The lowest BCUT2D eigenvalue weighted by Crippen LogP contribution is -2.53. The summed E-state index contributed by atoms with van der Waals surface area (Å²) in [4.78, 5) is 2.60. The summed E-state index contributed by atoms with van der Waals surface area (Å²) >= 11 is 0. The summed E-state index contributed by atoms with van der Waals surface area (Å²) in [5.74, 6) is 0.880. The number of fused-ring (bicyclic) bond motifs is 1. The van der Waals surface area contributed by atoms with Crippen molar-refractivity contribution in [2.75, 3.05) is 19.7 Å². The van der Waals surface area contributed by atoms with Gasteiger partial charge < -0.3 is 10.5 Å². The van der Waals surface area contributed by atoms with E-state index in [1.807, 2.05) is 0 Å². The maximum Gasteiger partial charge on any atom is 0.0853 e. The highest BCUT2D eigenvalue weighted by Crippen LogP contribution is 2.30. The quantitative estimate of drug-likeness (QED) is 0.814. The molecule has 0 radical (unpaired) electrons. The fourth-order valence-electron chi connectivity index (χ4n) is 3.88. The number of hydrogen-bond donors (Lipinski definition) is 1. The Morgan fingerprint density at radius 1 is 1.18 bits per heavy atom. The molecule has 2 saturated heterocycles. The molecule has 3 unspecified atom stereocenters. The number of rotatable bonds is 3. The number of nitrogens with zero attached hydrogens (tertiary/aromatic N) is 1. The molecule has 3 nitrogen and oxygen atoms in total. The molecule has 1 saturated carbocycles. The first-order chi connectivity index (χ1) is 8.33. The Hall–Kier alpha value is -0.120. The van der Waals surface area contributed by atoms with E-state index in [0.29, 0.717) is 12.1 Å². The molecule has 3 heteroatoms. The second kappa shape index (κ2) is 5.25. The highest BCUT2D eigenvalue weighted by atomic mass is 16.5. The first kappa shape index (κ1) is 11.9. The van der Waals surface area contributed by atoms with Crippen molar-refractivity contribution in [3.8, 4) is 0 Å². The van der Waals surface area contributed by atoms with Crippen molar-refractivity contribution >= 4 is 0 Å². The maximum atomic E-state index is 6.36. The highest BCUT2D eigenvalue weighted by molar-refractivity contribution is 4.90. The van der Waals surface area contributed by atoms with Crippen LogP contribution in [0, 0.1) is 5.92 Å². The van der Waals surface area contributed by atoms with Gasteiger partial charge in [-0.3, -0.25) is 4.90 Å². The Kier molecular flexibility index (Phi) is 3.69. The van der Waals surface area contributed by atoms with Gasteiger partial charge in [0.25, 0.3) is 0 Å². The lowest BCUT2D eigenvalue weighted by molar-refractivity contribution is -0.0617. The average molecular weight is 238 g/mol. The maximum absolute atomic E-state index is 6.36. The Labute approximate surface area is 105 Å². The van der Waals surface area contributed by atoms with E-state index >= 15 is 0 Å². The third-order valence-corrected chi connectivity index (χ3v) is 4.97. The van der Waals surface area contributed by atoms with Gasteiger partial charge in [-0.15, -0.1) is 0 Å². The number of morpholine rings is 1. The van der Waals surface area contributed by atoms with E-state index in [1.54, 1.807) is 0 Å². The summed E-state index contributed by atoms with van der Waals surface area (Å²) in [5, 5.41) is 0. The summed E-state index contributed by atoms with van der Waals surface area (Å²) in [7, 11) is 0. The Balaban J connectivity index is 1.49. The van der Waals surface area contributed by atoms with Crippen LogP contribution in [0.2, 0.25) is 0 Å². The summed E-state index contributed by atoms with van der Waals surface area (Å²) in [5.41, 5.74) is 6.36. The third kappa shape index (κ3) is 2.67. The van der Waals surface area contributed by atoms with Gasteiger partial charge in [0.2, 0.25) is 0 Å². The van der Waals surface area contributed by atoms with Gasteiger partial charge >= 0.3 is 0 Å². The van der Waals surface area contributed by atoms with Crippen molar-refractivity contribution in [3.05, 3.63) is 0 Å². The van der Waals surface area contributed by atoms with Crippen LogP contribution in [0.3, 0.4) is 0 Å². The molecule has 1 aliphatic carbocycles. The van der Waals surface area contributed by atoms with Crippen molar-refractivity contribution in [2.45, 2.75) is 63.1 Å². The molecule has 3 aliphatic rings. The van der Waals surface area contributed by atoms with Crippen LogP contribution in [0.4, 0.5) is 0 Å². The summed E-state index contributed by atoms with van der Waals surface area (Å²) in [6.07, 6.45) is 9.77. The van der Waals surface area contributed by atoms with Gasteiger partial charge in [-0.2, -0.15) is 0 Å². The number of nitrogens with two attached hydrogens (primary N) is 1. The van der Waals surface area contributed by atoms with Gasteiger partial charge in [0.1, 0.15) is 0 Å². The van der Waals surface area contributed by atoms with E-state index in [0.717, 1.165) is 19.1 Å². The smallest absolute Gasteiger partial charge is 0.0853 e. The van der Waals surface area contributed by atoms with E-state index < -0.39 is 0 Å². The van der Waals surface area contributed by atoms with Crippen molar-refractivity contribution in [1.82, 2.24) is 4.90 Å². The van der Waals surface area contributed by atoms with E-state index in [-0.39, 0.29) is 6.04 Å². The van der Waals surface area contributed by atoms with E-state index in [9.17, 15) is 0 Å². The molecule has 0 aromatic heterocycles. The number of hydrogen-bond acceptors (Lipinski definition) is 3. The van der Waals surface area contributed by atoms with Gasteiger partial charge in [-0.05, 0) is 31.7 Å². The van der Waals surface area contributed by atoms with Crippen LogP contribution in [0.15, 0.2) is 0 Å². The summed E-state index contributed by atoms with van der Waals surface area (Å²) < 4.78 is 6.00. The molecule has 0 spiro atoms. The average Bonchev–Trinajstić information content (AvgIpc) is 2.97. The molecule has 17 heavy (non-hydrogen) atoms. The Morgan fingerprint density at radius 3 is 2.82 bits per heavy atom. The molecule has 3 fully saturated rings. The largest absolute Gasteiger partial charge is 0.374 e. The molecule has 0 bridgehead atoms. The van der Waals surface area contributed by atoms with Gasteiger partial charge in [0.05, 0.1) is 12.7 Å². The van der Waals surface area contributed by atoms with E-state index in [1.165, 1.54) is 51.5 Å². The van der Waals surface area contributed by atoms with Gasteiger partial charge in [0, 0.05) is 18.6 Å². The first-order valence-corrected chi connectivity index (χ1v) is 7.44. The lowest BCUT2D eigenvalue weighted by Gasteiger charge is -2.38. The van der Waals surface area contributed by atoms with Crippen LogP contribution in [-0.2, 0) is 4.74 Å². The Morgan fingerprint density at radius 2 is 2.00 bits per heavy atom. The van der Waals surface area contributed by atoms with Crippen molar-refractivity contribution in [3.63, 3.8) is 0 Å². The van der Waals surface area contributed by atoms with E-state index in [4.69, 9.17) is 10.5 Å². The fraction of sp³-hybridized carbons (Fsp3) is 1.00. The molecular formula is C14H26N2O. The van der Waals surface area contributed by atoms with Gasteiger partial charge in [-0.25, -0.2) is 0 Å². The van der Waals surface area contributed by atoms with Crippen LogP contribution in [-0.4, -0.2) is 42.8 Å². The number of ether oxygens (including phenoxy) is 1. The molecule has 0 amide bonds. The van der Waals surface area contributed by atoms with Crippen molar-refractivity contribution in [1.29, 1.82) is 0 Å². The minimum absolute atomic E-state index is 0.264. The monoisotopic (exact) mass is 238 g/mol. The molecule has 2 N–H and O–H groups in total. The molecular weight excluding hydrogens is 212 g/mol. The third-order valence-electron chi connectivity index (χ3n) is 4.97. The van der Waals surface area contributed by atoms with Crippen molar-refractivity contribution < 1.29 is 4.74 Å². The second-order valence-corrected chi connectivity index (χ2v) is 6.21. The van der Waals surface area contributed by atoms with Crippen molar-refractivity contribution in [2.24, 2.45) is 11.7 Å². The Bertz CT molecular complexity index is 253. The minimum atomic E-state index is 0.264. The second-order valence-electron chi connectivity index (χ2n) is 6.21. The molecule has 0 aromatic carbocycles. The zero-order chi connectivity index (χ0) is 11.7. The summed E-state index contributed by atoms with van der Waals surface area (Å²) in [6, 6.07) is 0.963. The zero-order valence-corrected chi connectivity index (χ0v) is 10.8. The molecule has 3 atom stereocenters. The highest BCUT2D eigenvalue weighted by Gasteiger charge is 2.35. The fourth-order valence-corrected chi connectivity index (χ4v) is 3.88. The predicted molar refractivity (Wildman–Crippen MR) is 68.9 cm³/mol. The molecule has 3 rings (SSSR count). The molecule has 2 heterocycles. The van der Waals surface area contributed by atoms with Gasteiger partial charge in [0.15, 0.2) is 0 Å². The van der Waals surface area contributed by atoms with Crippen LogP contribution in [0.25, 0.3) is 0 Å². The molecule has 2 aliphatic heterocycles. The van der Waals surface area contributed by atoms with Crippen LogP contribution in [0.5, 0.6) is 0 Å². The first-order valence-electron chi connectivity index (χ1n) is 7.44. The van der Waals surface area contributed by atoms with Gasteiger partial charge in [-0.1, -0.05) is 25.7 Å². The SMILES string of the molecule is NC(CC1CCCC1)C1CN2CCCC2CO1. The standard InChI is InChI=1S/C14H26N2O/c15-13(8-11-4-1-2-5-11)14-9-16-7-3-6-12(16)10-17-14/h11-14H,1-10,15H2. The normalized spacial score (nSPS) is 37.2. The zero-order valence-electron chi connectivity index (χ0n) is 10.8. The van der Waals surface area contributed by atoms with Crippen LogP contribution in [0.1, 0.15) is 44.9 Å². The molecule has 0 aromatic rings. The van der Waals surface area contributed by atoms with Crippen LogP contribution < -0.4 is 5.73 Å². The topological polar surface area (TPSA) is 38.5 Å².